The van der Waals surface area contributed by atoms with Crippen molar-refractivity contribution < 1.29 is 42.3 Å². The molecule has 4 aliphatic rings. The number of anilines is 1. The van der Waals surface area contributed by atoms with Crippen LogP contribution in [-0.4, -0.2) is 92.7 Å². The Labute approximate surface area is 330 Å². The van der Waals surface area contributed by atoms with Gasteiger partial charge >= 0.3 is 12.0 Å². The van der Waals surface area contributed by atoms with Crippen LogP contribution in [0.5, 0.6) is 0 Å². The van der Waals surface area contributed by atoms with Crippen LogP contribution in [0.4, 0.5) is 23.7 Å². The van der Waals surface area contributed by atoms with Gasteiger partial charge in [-0.15, -0.1) is 0 Å². The highest BCUT2D eigenvalue weighted by molar-refractivity contribution is 6.00. The van der Waals surface area contributed by atoms with E-state index in [-0.39, 0.29) is 65.9 Å². The average molecular weight is 798 g/mol. The number of nitrogens with one attached hydrogen (secondary N) is 3. The Bertz CT molecular complexity index is 1850. The lowest BCUT2D eigenvalue weighted by Crippen LogP contribution is -2.56. The zero-order valence-corrected chi connectivity index (χ0v) is 32.9. The third kappa shape index (κ3) is 9.63. The number of nitrogens with zero attached hydrogens (tertiary/aromatic N) is 4. The van der Waals surface area contributed by atoms with Crippen LogP contribution in [0.2, 0.25) is 0 Å². The summed E-state index contributed by atoms with van der Waals surface area (Å²) in [5.74, 6) is -4.61. The Morgan fingerprint density at radius 2 is 1.63 bits per heavy atom. The van der Waals surface area contributed by atoms with Gasteiger partial charge in [0.05, 0.1) is 11.6 Å². The summed E-state index contributed by atoms with van der Waals surface area (Å²) >= 11 is 0. The van der Waals surface area contributed by atoms with E-state index in [1.165, 1.54) is 29.1 Å². The second kappa shape index (κ2) is 17.7. The standard InChI is InChI=1S/C41H54F3N7O6/c1-4-51-32(15-20-45-51)36(52)47-34(25-5-7-26(8-6-25)35(43)44)37(53)46-31-12-9-28(23-30(31)42)24(2)33(48-40(57)49(3)29-10-11-29)38(54)50-21-18-41(19-22-50)16-13-27(14-17-41)39(55)56/h9,12,15,20,23-25,27,29,33-34H,4-8,10-11,13-14,16-19,21-22H2,1-3H3,(H,46,53)(H,47,52)(H,48,57)(H,55,56)/t24-,33+,34-/m0/s1. The number of aryl methyl sites for hydroxylation is 1. The van der Waals surface area contributed by atoms with Crippen LogP contribution >= 0.6 is 0 Å². The van der Waals surface area contributed by atoms with E-state index >= 15 is 4.39 Å². The average Bonchev–Trinajstić information content (AvgIpc) is 3.95. The van der Waals surface area contributed by atoms with Gasteiger partial charge in [0.25, 0.3) is 12.0 Å². The van der Waals surface area contributed by atoms with Gasteiger partial charge in [0, 0.05) is 44.8 Å². The van der Waals surface area contributed by atoms with E-state index in [1.54, 1.807) is 36.8 Å². The van der Waals surface area contributed by atoms with Crippen LogP contribution < -0.4 is 16.0 Å². The first kappa shape index (κ1) is 41.7. The summed E-state index contributed by atoms with van der Waals surface area (Å²) in [6.07, 6.45) is 6.35. The van der Waals surface area contributed by atoms with Crippen molar-refractivity contribution in [2.45, 2.75) is 121 Å². The zero-order valence-electron chi connectivity index (χ0n) is 32.9. The van der Waals surface area contributed by atoms with E-state index in [0.717, 1.165) is 38.5 Å². The predicted octanol–water partition coefficient (Wildman–Crippen LogP) is 6.28. The highest BCUT2D eigenvalue weighted by Gasteiger charge is 2.43. The number of halogens is 3. The Morgan fingerprint density at radius 1 is 0.965 bits per heavy atom. The maximum atomic E-state index is 16.0. The minimum Gasteiger partial charge on any atom is -0.481 e. The molecule has 1 spiro atoms. The van der Waals surface area contributed by atoms with Gasteiger partial charge in [-0.3, -0.25) is 23.9 Å². The van der Waals surface area contributed by atoms with Gasteiger partial charge < -0.3 is 30.9 Å². The molecule has 0 radical (unpaired) electrons. The minimum atomic E-state index is -1.74. The second-order valence-electron chi connectivity index (χ2n) is 16.4. The molecule has 1 aromatic carbocycles. The van der Waals surface area contributed by atoms with Gasteiger partial charge in [0.1, 0.15) is 23.6 Å². The van der Waals surface area contributed by atoms with Gasteiger partial charge in [-0.25, -0.2) is 9.18 Å². The molecule has 1 aromatic heterocycles. The molecule has 6 rings (SSSR count). The van der Waals surface area contributed by atoms with Crippen molar-refractivity contribution in [1.82, 2.24) is 30.2 Å². The summed E-state index contributed by atoms with van der Waals surface area (Å²) in [6, 6.07) is 3.20. The lowest BCUT2D eigenvalue weighted by atomic mass is 9.65. The molecule has 16 heteroatoms. The third-order valence-electron chi connectivity index (χ3n) is 13.0. The third-order valence-corrected chi connectivity index (χ3v) is 13.0. The van der Waals surface area contributed by atoms with Crippen molar-refractivity contribution in [3.8, 4) is 0 Å². The summed E-state index contributed by atoms with van der Waals surface area (Å²) in [7, 11) is 1.69. The number of allylic oxidation sites excluding steroid dienone is 1. The van der Waals surface area contributed by atoms with Crippen LogP contribution in [0.1, 0.15) is 113 Å². The number of aromatic nitrogens is 2. The van der Waals surface area contributed by atoms with Crippen molar-refractivity contribution >= 4 is 35.4 Å². The number of aliphatic carboxylic acids is 1. The van der Waals surface area contributed by atoms with E-state index in [1.807, 2.05) is 0 Å². The van der Waals surface area contributed by atoms with Crippen LogP contribution in [0.3, 0.4) is 0 Å². The van der Waals surface area contributed by atoms with E-state index < -0.39 is 59.6 Å². The topological polar surface area (TPSA) is 166 Å². The molecule has 2 heterocycles. The van der Waals surface area contributed by atoms with Crippen molar-refractivity contribution in [2.75, 3.05) is 25.5 Å². The highest BCUT2D eigenvalue weighted by Crippen LogP contribution is 2.46. The van der Waals surface area contributed by atoms with Crippen LogP contribution in [0, 0.1) is 23.1 Å². The Balaban J connectivity index is 1.17. The lowest BCUT2D eigenvalue weighted by molar-refractivity contribution is -0.144. The number of urea groups is 1. The Morgan fingerprint density at radius 3 is 2.21 bits per heavy atom. The number of likely N-dealkylation sites (tertiary alicyclic amines) is 1. The molecule has 4 fully saturated rings. The molecular weight excluding hydrogens is 743 g/mol. The summed E-state index contributed by atoms with van der Waals surface area (Å²) in [4.78, 5) is 69.6. The lowest BCUT2D eigenvalue weighted by Gasteiger charge is -2.46. The van der Waals surface area contributed by atoms with Crippen molar-refractivity contribution in [1.29, 1.82) is 0 Å². The molecule has 57 heavy (non-hydrogen) atoms. The molecule has 0 unspecified atom stereocenters. The minimum absolute atomic E-state index is 0.00810. The number of hydrogen-bond acceptors (Lipinski definition) is 6. The maximum absolute atomic E-state index is 16.0. The summed E-state index contributed by atoms with van der Waals surface area (Å²) in [5, 5.41) is 21.9. The molecule has 3 saturated carbocycles. The molecule has 310 valence electrons. The second-order valence-corrected chi connectivity index (χ2v) is 16.4. The summed E-state index contributed by atoms with van der Waals surface area (Å²) < 4.78 is 44.1. The van der Waals surface area contributed by atoms with Crippen LogP contribution in [0.15, 0.2) is 42.1 Å². The quantitative estimate of drug-likeness (QED) is 0.196. The summed E-state index contributed by atoms with van der Waals surface area (Å²) in [6.45, 7) is 4.88. The largest absolute Gasteiger partial charge is 0.481 e. The van der Waals surface area contributed by atoms with Crippen molar-refractivity contribution in [3.63, 3.8) is 0 Å². The first-order chi connectivity index (χ1) is 27.2. The van der Waals surface area contributed by atoms with Gasteiger partial charge in [-0.2, -0.15) is 13.9 Å². The molecule has 1 saturated heterocycles. The Hall–Kier alpha value is -4.89. The van der Waals surface area contributed by atoms with E-state index in [0.29, 0.717) is 38.0 Å². The van der Waals surface area contributed by atoms with Crippen LogP contribution in [0.25, 0.3) is 0 Å². The normalized spacial score (nSPS) is 21.3. The first-order valence-corrected chi connectivity index (χ1v) is 20.2. The number of carboxylic acids is 1. The number of piperidine rings is 1. The van der Waals surface area contributed by atoms with E-state index in [4.69, 9.17) is 0 Å². The fourth-order valence-corrected chi connectivity index (χ4v) is 8.86. The number of carbonyl (C=O) groups excluding carboxylic acids is 4. The van der Waals surface area contributed by atoms with E-state index in [9.17, 15) is 37.9 Å². The molecule has 3 atom stereocenters. The monoisotopic (exact) mass is 797 g/mol. The van der Waals surface area contributed by atoms with E-state index in [2.05, 4.69) is 21.0 Å². The van der Waals surface area contributed by atoms with Gasteiger partial charge in [0.15, 0.2) is 0 Å². The zero-order chi connectivity index (χ0) is 41.0. The van der Waals surface area contributed by atoms with Gasteiger partial charge in [-0.05, 0) is 125 Å². The molecule has 2 aromatic rings. The molecule has 13 nitrogen and oxygen atoms in total. The van der Waals surface area contributed by atoms with Crippen molar-refractivity contribution in [2.24, 2.45) is 17.3 Å². The highest BCUT2D eigenvalue weighted by atomic mass is 19.3. The first-order valence-electron chi connectivity index (χ1n) is 20.2. The van der Waals surface area contributed by atoms with Crippen molar-refractivity contribution in [3.05, 3.63) is 59.2 Å². The Kier molecular flexibility index (Phi) is 13.0. The number of hydrogen-bond donors (Lipinski definition) is 4. The maximum Gasteiger partial charge on any atom is 0.318 e. The van der Waals surface area contributed by atoms with Crippen LogP contribution in [-0.2, 0) is 20.9 Å². The fraction of sp³-hybridized carbons (Fsp3) is 0.610. The van der Waals surface area contributed by atoms with Gasteiger partial charge in [-0.1, -0.05) is 13.0 Å². The number of benzene rings is 1. The molecule has 3 aliphatic carbocycles. The van der Waals surface area contributed by atoms with Gasteiger partial charge in [0.2, 0.25) is 11.8 Å². The number of amides is 5. The molecule has 0 bridgehead atoms. The number of rotatable bonds is 12. The summed E-state index contributed by atoms with van der Waals surface area (Å²) in [5.41, 5.74) is 0.479. The molecule has 4 N–H and O–H groups in total. The molecule has 5 amide bonds. The fourth-order valence-electron chi connectivity index (χ4n) is 8.86. The molecular formula is C41H54F3N7O6. The number of carbonyl (C=O) groups is 5. The smallest absolute Gasteiger partial charge is 0.318 e. The SMILES string of the molecule is CCn1nccc1C(=O)N[C@H](C(=O)Nc1ccc([C@H](C)[C@@H](NC(=O)N(C)C2CC2)C(=O)N2CCC3(CCC(C(=O)O)CC3)CC2)cc1F)C1CCC(=C(F)F)CC1. The predicted molar refractivity (Wildman–Crippen MR) is 205 cm³/mol. The molecule has 1 aliphatic heterocycles. The number of carboxylic acid groups (broad SMARTS) is 1.